The molecule has 1 unspecified atom stereocenters. The molecule has 0 bridgehead atoms. The van der Waals surface area contributed by atoms with Crippen molar-refractivity contribution in [2.24, 2.45) is 0 Å². The predicted octanol–water partition coefficient (Wildman–Crippen LogP) is 4.02. The third-order valence-corrected chi connectivity index (χ3v) is 2.55. The van der Waals surface area contributed by atoms with Gasteiger partial charge in [-0.2, -0.15) is 13.2 Å². The van der Waals surface area contributed by atoms with Crippen LogP contribution in [0, 0.1) is 0 Å². The Morgan fingerprint density at radius 3 is 1.88 bits per heavy atom. The molecule has 0 aliphatic carbocycles. The molecule has 0 saturated carbocycles. The maximum atomic E-state index is 11.8. The van der Waals surface area contributed by atoms with Crippen molar-refractivity contribution < 1.29 is 23.0 Å². The van der Waals surface area contributed by atoms with E-state index in [1.165, 1.54) is 25.7 Å². The maximum absolute atomic E-state index is 11.8. The van der Waals surface area contributed by atoms with Gasteiger partial charge in [-0.3, -0.25) is 0 Å². The van der Waals surface area contributed by atoms with Crippen molar-refractivity contribution in [1.82, 2.24) is 0 Å². The highest BCUT2D eigenvalue weighted by molar-refractivity contribution is 4.53. The first-order valence-corrected chi connectivity index (χ1v) is 6.35. The Morgan fingerprint density at radius 1 is 0.941 bits per heavy atom. The summed E-state index contributed by atoms with van der Waals surface area (Å²) in [6, 6.07) is 0. The van der Waals surface area contributed by atoms with Gasteiger partial charge in [0.25, 0.3) is 6.29 Å². The third-order valence-electron chi connectivity index (χ3n) is 2.55. The van der Waals surface area contributed by atoms with E-state index in [9.17, 15) is 13.2 Å². The molecule has 0 aliphatic rings. The van der Waals surface area contributed by atoms with Gasteiger partial charge >= 0.3 is 6.18 Å². The average Bonchev–Trinajstić information content (AvgIpc) is 2.25. The van der Waals surface area contributed by atoms with Crippen LogP contribution in [-0.2, 0) is 4.74 Å². The summed E-state index contributed by atoms with van der Waals surface area (Å²) in [4.78, 5) is 0. The number of unbranched alkanes of at least 4 members (excludes halogenated alkanes) is 7. The summed E-state index contributed by atoms with van der Waals surface area (Å²) >= 11 is 0. The van der Waals surface area contributed by atoms with Crippen LogP contribution in [0.1, 0.15) is 58.3 Å². The molecule has 0 aliphatic heterocycles. The number of halogens is 3. The molecule has 0 heterocycles. The molecule has 0 aromatic carbocycles. The molecule has 0 aromatic heterocycles. The summed E-state index contributed by atoms with van der Waals surface area (Å²) < 4.78 is 39.7. The smallest absolute Gasteiger partial charge is 0.361 e. The SMILES string of the molecule is CCCCCCCCCCOC(O)C(F)(F)F. The summed E-state index contributed by atoms with van der Waals surface area (Å²) in [5, 5.41) is 8.54. The van der Waals surface area contributed by atoms with E-state index in [1.54, 1.807) is 0 Å². The second-order valence-corrected chi connectivity index (χ2v) is 4.24. The van der Waals surface area contributed by atoms with Gasteiger partial charge in [0.05, 0.1) is 6.61 Å². The van der Waals surface area contributed by atoms with Crippen molar-refractivity contribution in [3.05, 3.63) is 0 Å². The van der Waals surface area contributed by atoms with Gasteiger partial charge in [0, 0.05) is 0 Å². The summed E-state index contributed by atoms with van der Waals surface area (Å²) in [6.07, 6.45) is 1.17. The molecule has 0 aromatic rings. The Kier molecular flexibility index (Phi) is 9.55. The Balaban J connectivity index is 3.19. The lowest BCUT2D eigenvalue weighted by Gasteiger charge is -2.14. The standard InChI is InChI=1S/C12H23F3O2/c1-2-3-4-5-6-7-8-9-10-17-11(16)12(13,14)15/h11,16H,2-10H2,1H3. The fraction of sp³-hybridized carbons (Fsp3) is 1.00. The number of aliphatic hydroxyl groups is 1. The zero-order valence-corrected chi connectivity index (χ0v) is 10.4. The molecule has 0 spiro atoms. The normalized spacial score (nSPS) is 13.9. The molecule has 5 heteroatoms. The van der Waals surface area contributed by atoms with Crippen LogP contribution in [0.2, 0.25) is 0 Å². The van der Waals surface area contributed by atoms with E-state index >= 15 is 0 Å². The van der Waals surface area contributed by atoms with E-state index < -0.39 is 12.5 Å². The minimum Gasteiger partial charge on any atom is -0.361 e. The van der Waals surface area contributed by atoms with Crippen LogP contribution >= 0.6 is 0 Å². The molecule has 104 valence electrons. The molecule has 0 saturated heterocycles. The van der Waals surface area contributed by atoms with Crippen LogP contribution in [0.5, 0.6) is 0 Å². The molecular weight excluding hydrogens is 233 g/mol. The van der Waals surface area contributed by atoms with E-state index in [0.717, 1.165) is 19.3 Å². The number of hydrogen-bond acceptors (Lipinski definition) is 2. The van der Waals surface area contributed by atoms with Crippen molar-refractivity contribution >= 4 is 0 Å². The Labute approximate surface area is 101 Å². The quantitative estimate of drug-likeness (QED) is 0.472. The van der Waals surface area contributed by atoms with Crippen molar-refractivity contribution in [3.8, 4) is 0 Å². The predicted molar refractivity (Wildman–Crippen MR) is 60.6 cm³/mol. The number of hydrogen-bond donors (Lipinski definition) is 1. The number of ether oxygens (including phenoxy) is 1. The van der Waals surface area contributed by atoms with Crippen molar-refractivity contribution in [1.29, 1.82) is 0 Å². The third kappa shape index (κ3) is 10.6. The molecule has 1 N–H and O–H groups in total. The van der Waals surface area contributed by atoms with Crippen LogP contribution in [0.4, 0.5) is 13.2 Å². The average molecular weight is 256 g/mol. The molecule has 2 nitrogen and oxygen atoms in total. The van der Waals surface area contributed by atoms with Crippen LogP contribution < -0.4 is 0 Å². The molecule has 0 fully saturated rings. The minimum atomic E-state index is -4.67. The van der Waals surface area contributed by atoms with E-state index in [4.69, 9.17) is 5.11 Å². The van der Waals surface area contributed by atoms with Crippen molar-refractivity contribution in [2.75, 3.05) is 6.61 Å². The Morgan fingerprint density at radius 2 is 1.41 bits per heavy atom. The summed E-state index contributed by atoms with van der Waals surface area (Å²) in [6.45, 7) is 2.12. The molecule has 0 amide bonds. The molecule has 0 radical (unpaired) electrons. The summed E-state index contributed by atoms with van der Waals surface area (Å²) in [5.74, 6) is 0. The topological polar surface area (TPSA) is 29.5 Å². The lowest BCUT2D eigenvalue weighted by atomic mass is 10.1. The van der Waals surface area contributed by atoms with Gasteiger partial charge in [-0.25, -0.2) is 0 Å². The summed E-state index contributed by atoms with van der Waals surface area (Å²) in [7, 11) is 0. The lowest BCUT2D eigenvalue weighted by molar-refractivity contribution is -0.293. The van der Waals surface area contributed by atoms with Crippen LogP contribution in [-0.4, -0.2) is 24.2 Å². The fourth-order valence-corrected chi connectivity index (χ4v) is 1.53. The minimum absolute atomic E-state index is 0.0321. The van der Waals surface area contributed by atoms with Crippen LogP contribution in [0.25, 0.3) is 0 Å². The fourth-order valence-electron chi connectivity index (χ4n) is 1.53. The lowest BCUT2D eigenvalue weighted by Crippen LogP contribution is -2.31. The van der Waals surface area contributed by atoms with Crippen LogP contribution in [0.3, 0.4) is 0 Å². The molecular formula is C12H23F3O2. The maximum Gasteiger partial charge on any atom is 0.439 e. The van der Waals surface area contributed by atoms with Gasteiger partial charge in [0.2, 0.25) is 0 Å². The van der Waals surface area contributed by atoms with Gasteiger partial charge in [-0.05, 0) is 6.42 Å². The van der Waals surface area contributed by atoms with Gasteiger partial charge in [0.1, 0.15) is 0 Å². The highest BCUT2D eigenvalue weighted by Gasteiger charge is 2.39. The molecule has 1 atom stereocenters. The molecule has 0 rings (SSSR count). The van der Waals surface area contributed by atoms with E-state index in [1.807, 2.05) is 0 Å². The second-order valence-electron chi connectivity index (χ2n) is 4.24. The van der Waals surface area contributed by atoms with E-state index in [-0.39, 0.29) is 6.61 Å². The van der Waals surface area contributed by atoms with Gasteiger partial charge < -0.3 is 9.84 Å². The van der Waals surface area contributed by atoms with Crippen molar-refractivity contribution in [3.63, 3.8) is 0 Å². The Bertz CT molecular complexity index is 172. The van der Waals surface area contributed by atoms with Gasteiger partial charge in [-0.1, -0.05) is 51.9 Å². The zero-order chi connectivity index (χ0) is 13.1. The van der Waals surface area contributed by atoms with E-state index in [2.05, 4.69) is 11.7 Å². The monoisotopic (exact) mass is 256 g/mol. The van der Waals surface area contributed by atoms with Crippen LogP contribution in [0.15, 0.2) is 0 Å². The Hall–Kier alpha value is -0.290. The highest BCUT2D eigenvalue weighted by atomic mass is 19.4. The second kappa shape index (κ2) is 9.71. The number of aliphatic hydroxyl groups excluding tert-OH is 1. The first-order valence-electron chi connectivity index (χ1n) is 6.35. The number of rotatable bonds is 10. The zero-order valence-electron chi connectivity index (χ0n) is 10.4. The highest BCUT2D eigenvalue weighted by Crippen LogP contribution is 2.21. The van der Waals surface area contributed by atoms with Gasteiger partial charge in [-0.15, -0.1) is 0 Å². The van der Waals surface area contributed by atoms with E-state index in [0.29, 0.717) is 6.42 Å². The largest absolute Gasteiger partial charge is 0.439 e. The first kappa shape index (κ1) is 16.7. The number of alkyl halides is 3. The van der Waals surface area contributed by atoms with Gasteiger partial charge in [0.15, 0.2) is 0 Å². The molecule has 17 heavy (non-hydrogen) atoms. The van der Waals surface area contributed by atoms with Crippen molar-refractivity contribution in [2.45, 2.75) is 70.8 Å². The first-order chi connectivity index (χ1) is 7.98. The summed E-state index contributed by atoms with van der Waals surface area (Å²) in [5.41, 5.74) is 0.